The molecule has 0 bridgehead atoms. The molecule has 0 saturated carbocycles. The molecule has 0 aliphatic carbocycles. The number of hydrogen-bond acceptors (Lipinski definition) is 3. The topological polar surface area (TPSA) is 29.5 Å². The maximum atomic E-state index is 12.2. The molecule has 0 aromatic heterocycles. The molecule has 1 heterocycles. The van der Waals surface area contributed by atoms with E-state index in [1.165, 1.54) is 19.3 Å². The van der Waals surface area contributed by atoms with E-state index in [4.69, 9.17) is 4.74 Å². The van der Waals surface area contributed by atoms with Gasteiger partial charge >= 0.3 is 5.97 Å². The normalized spacial score (nSPS) is 17.1. The second kappa shape index (κ2) is 8.98. The van der Waals surface area contributed by atoms with E-state index < -0.39 is 0 Å². The van der Waals surface area contributed by atoms with Gasteiger partial charge in [-0.3, -0.25) is 4.79 Å². The van der Waals surface area contributed by atoms with Gasteiger partial charge in [0.15, 0.2) is 0 Å². The molecule has 1 aromatic rings. The van der Waals surface area contributed by atoms with Gasteiger partial charge in [0.2, 0.25) is 0 Å². The molecule has 1 fully saturated rings. The molecule has 0 radical (unpaired) electrons. The summed E-state index contributed by atoms with van der Waals surface area (Å²) in [4.78, 5) is 14.6. The second-order valence-corrected chi connectivity index (χ2v) is 5.08. The Balaban J connectivity index is 0.00000200. The SMILES string of the molecule is CCOC(=O)C(CN1CCCCC1)c1ccccc1.Cl. The lowest BCUT2D eigenvalue weighted by Crippen LogP contribution is -2.36. The molecule has 0 spiro atoms. The minimum absolute atomic E-state index is 0. The lowest BCUT2D eigenvalue weighted by atomic mass is 9.97. The first kappa shape index (κ1) is 17.0. The van der Waals surface area contributed by atoms with Gasteiger partial charge < -0.3 is 9.64 Å². The molecular formula is C16H24ClNO2. The van der Waals surface area contributed by atoms with Crippen LogP contribution in [0.3, 0.4) is 0 Å². The van der Waals surface area contributed by atoms with Gasteiger partial charge in [-0.25, -0.2) is 0 Å². The van der Waals surface area contributed by atoms with Crippen LogP contribution in [0.1, 0.15) is 37.7 Å². The molecule has 1 atom stereocenters. The molecule has 20 heavy (non-hydrogen) atoms. The van der Waals surface area contributed by atoms with E-state index >= 15 is 0 Å². The number of carbonyl (C=O) groups excluding carboxylic acids is 1. The first-order valence-corrected chi connectivity index (χ1v) is 7.25. The van der Waals surface area contributed by atoms with Crippen molar-refractivity contribution in [2.75, 3.05) is 26.2 Å². The molecule has 112 valence electrons. The van der Waals surface area contributed by atoms with Gasteiger partial charge in [0.1, 0.15) is 0 Å². The highest BCUT2D eigenvalue weighted by Crippen LogP contribution is 2.21. The third kappa shape index (κ3) is 4.80. The zero-order valence-electron chi connectivity index (χ0n) is 12.1. The zero-order chi connectivity index (χ0) is 13.5. The minimum Gasteiger partial charge on any atom is -0.465 e. The molecule has 4 heteroatoms. The van der Waals surface area contributed by atoms with Crippen molar-refractivity contribution in [2.45, 2.75) is 32.1 Å². The number of nitrogens with zero attached hydrogens (tertiary/aromatic N) is 1. The number of halogens is 1. The van der Waals surface area contributed by atoms with Crippen molar-refractivity contribution in [3.8, 4) is 0 Å². The van der Waals surface area contributed by atoms with Crippen LogP contribution in [0.4, 0.5) is 0 Å². The molecule has 0 N–H and O–H groups in total. The van der Waals surface area contributed by atoms with Crippen molar-refractivity contribution in [2.24, 2.45) is 0 Å². The van der Waals surface area contributed by atoms with Crippen LogP contribution in [-0.4, -0.2) is 37.1 Å². The summed E-state index contributed by atoms with van der Waals surface area (Å²) in [5.74, 6) is -0.251. The van der Waals surface area contributed by atoms with E-state index in [1.54, 1.807) is 0 Å². The Kier molecular flexibility index (Phi) is 7.63. The van der Waals surface area contributed by atoms with Crippen molar-refractivity contribution in [3.63, 3.8) is 0 Å². The number of esters is 1. The number of likely N-dealkylation sites (tertiary alicyclic amines) is 1. The monoisotopic (exact) mass is 297 g/mol. The Morgan fingerprint density at radius 1 is 1.20 bits per heavy atom. The number of benzene rings is 1. The van der Waals surface area contributed by atoms with Crippen LogP contribution in [0.2, 0.25) is 0 Å². The fraction of sp³-hybridized carbons (Fsp3) is 0.562. The van der Waals surface area contributed by atoms with Crippen molar-refractivity contribution >= 4 is 18.4 Å². The van der Waals surface area contributed by atoms with Crippen molar-refractivity contribution < 1.29 is 9.53 Å². The number of ether oxygens (including phenoxy) is 1. The summed E-state index contributed by atoms with van der Waals surface area (Å²) in [6.07, 6.45) is 3.79. The fourth-order valence-corrected chi connectivity index (χ4v) is 2.64. The van der Waals surface area contributed by atoms with Crippen LogP contribution in [-0.2, 0) is 9.53 Å². The Bertz CT molecular complexity index is 391. The molecule has 3 nitrogen and oxygen atoms in total. The van der Waals surface area contributed by atoms with Crippen LogP contribution >= 0.6 is 12.4 Å². The Labute approximate surface area is 127 Å². The summed E-state index contributed by atoms with van der Waals surface area (Å²) in [6, 6.07) is 9.99. The van der Waals surface area contributed by atoms with Crippen LogP contribution in [0.25, 0.3) is 0 Å². The van der Waals surface area contributed by atoms with Crippen LogP contribution in [0, 0.1) is 0 Å². The summed E-state index contributed by atoms with van der Waals surface area (Å²) in [6.45, 7) is 5.29. The third-order valence-electron chi connectivity index (χ3n) is 3.66. The smallest absolute Gasteiger partial charge is 0.314 e. The van der Waals surface area contributed by atoms with Gasteiger partial charge in [0, 0.05) is 6.54 Å². The fourth-order valence-electron chi connectivity index (χ4n) is 2.64. The highest BCUT2D eigenvalue weighted by Gasteiger charge is 2.25. The number of carbonyl (C=O) groups is 1. The van der Waals surface area contributed by atoms with E-state index in [0.29, 0.717) is 6.61 Å². The number of rotatable bonds is 5. The summed E-state index contributed by atoms with van der Waals surface area (Å²) in [5.41, 5.74) is 1.06. The van der Waals surface area contributed by atoms with Crippen molar-refractivity contribution in [3.05, 3.63) is 35.9 Å². The first-order chi connectivity index (χ1) is 9.31. The van der Waals surface area contributed by atoms with Gasteiger partial charge in [0.25, 0.3) is 0 Å². The van der Waals surface area contributed by atoms with E-state index in [9.17, 15) is 4.79 Å². The van der Waals surface area contributed by atoms with E-state index in [1.807, 2.05) is 37.3 Å². The quantitative estimate of drug-likeness (QED) is 0.782. The van der Waals surface area contributed by atoms with Gasteiger partial charge in [0.05, 0.1) is 12.5 Å². The molecule has 0 amide bonds. The number of piperidine rings is 1. The van der Waals surface area contributed by atoms with E-state index in [-0.39, 0.29) is 24.3 Å². The van der Waals surface area contributed by atoms with Crippen LogP contribution < -0.4 is 0 Å². The summed E-state index contributed by atoms with van der Waals surface area (Å²) in [5, 5.41) is 0. The Morgan fingerprint density at radius 2 is 1.85 bits per heavy atom. The van der Waals surface area contributed by atoms with Gasteiger partial charge in [-0.1, -0.05) is 36.8 Å². The molecule has 1 aliphatic rings. The predicted octanol–water partition coefficient (Wildman–Crippen LogP) is 3.24. The summed E-state index contributed by atoms with van der Waals surface area (Å²) in [7, 11) is 0. The molecule has 1 saturated heterocycles. The van der Waals surface area contributed by atoms with Gasteiger partial charge in [-0.2, -0.15) is 0 Å². The molecular weight excluding hydrogens is 274 g/mol. The first-order valence-electron chi connectivity index (χ1n) is 7.25. The van der Waals surface area contributed by atoms with Crippen LogP contribution in [0.5, 0.6) is 0 Å². The van der Waals surface area contributed by atoms with Crippen molar-refractivity contribution in [1.29, 1.82) is 0 Å². The highest BCUT2D eigenvalue weighted by molar-refractivity contribution is 5.85. The lowest BCUT2D eigenvalue weighted by molar-refractivity contribution is -0.145. The molecule has 1 aromatic carbocycles. The third-order valence-corrected chi connectivity index (χ3v) is 3.66. The maximum absolute atomic E-state index is 12.2. The largest absolute Gasteiger partial charge is 0.465 e. The van der Waals surface area contributed by atoms with E-state index in [0.717, 1.165) is 25.2 Å². The highest BCUT2D eigenvalue weighted by atomic mass is 35.5. The minimum atomic E-state index is -0.153. The standard InChI is InChI=1S/C16H23NO2.ClH/c1-2-19-16(18)15(14-9-5-3-6-10-14)13-17-11-7-4-8-12-17;/h3,5-6,9-10,15H,2,4,7-8,11-13H2,1H3;1H. The number of hydrogen-bond donors (Lipinski definition) is 0. The maximum Gasteiger partial charge on any atom is 0.314 e. The van der Waals surface area contributed by atoms with Gasteiger partial charge in [-0.15, -0.1) is 12.4 Å². The Morgan fingerprint density at radius 3 is 2.45 bits per heavy atom. The average molecular weight is 298 g/mol. The van der Waals surface area contributed by atoms with E-state index in [2.05, 4.69) is 4.90 Å². The zero-order valence-corrected chi connectivity index (χ0v) is 12.9. The Hall–Kier alpha value is -1.06. The predicted molar refractivity (Wildman–Crippen MR) is 83.4 cm³/mol. The molecule has 1 unspecified atom stereocenters. The summed E-state index contributed by atoms with van der Waals surface area (Å²) >= 11 is 0. The second-order valence-electron chi connectivity index (χ2n) is 5.08. The molecule has 1 aliphatic heterocycles. The summed E-state index contributed by atoms with van der Waals surface area (Å²) < 4.78 is 5.23. The van der Waals surface area contributed by atoms with Crippen molar-refractivity contribution in [1.82, 2.24) is 4.90 Å². The van der Waals surface area contributed by atoms with Crippen LogP contribution in [0.15, 0.2) is 30.3 Å². The molecule has 2 rings (SSSR count). The average Bonchev–Trinajstić information content (AvgIpc) is 2.47. The van der Waals surface area contributed by atoms with Gasteiger partial charge in [-0.05, 0) is 38.4 Å². The lowest BCUT2D eigenvalue weighted by Gasteiger charge is -2.29.